The number of hydrogen-bond donors (Lipinski definition) is 1. The molecule has 0 saturated heterocycles. The topological polar surface area (TPSA) is 51.2 Å². The van der Waals surface area contributed by atoms with E-state index >= 15 is 0 Å². The Morgan fingerprint density at radius 1 is 1.19 bits per heavy atom. The summed E-state index contributed by atoms with van der Waals surface area (Å²) in [7, 11) is 0. The third-order valence-corrected chi connectivity index (χ3v) is 5.91. The number of pyridine rings is 1. The molecule has 1 N–H and O–H groups in total. The Bertz CT molecular complexity index is 1120. The number of rotatable bonds is 8. The molecule has 3 aromatic rings. The first-order valence-corrected chi connectivity index (χ1v) is 11.2. The van der Waals surface area contributed by atoms with Crippen LogP contribution in [0.15, 0.2) is 64.5 Å². The van der Waals surface area contributed by atoms with Crippen LogP contribution in [-0.2, 0) is 5.92 Å². The molecule has 0 atom stereocenters. The molecule has 1 amide bonds. The van der Waals surface area contributed by atoms with Crippen LogP contribution in [0.4, 0.5) is 8.78 Å². The Morgan fingerprint density at radius 2 is 1.97 bits per heavy atom. The molecular weight excluding hydrogens is 454 g/mol. The van der Waals surface area contributed by atoms with Gasteiger partial charge in [-0.1, -0.05) is 53.2 Å². The van der Waals surface area contributed by atoms with Crippen LogP contribution >= 0.6 is 23.4 Å². The molecule has 0 radical (unpaired) electrons. The highest BCUT2D eigenvalue weighted by Crippen LogP contribution is 2.34. The van der Waals surface area contributed by atoms with Gasteiger partial charge < -0.3 is 10.1 Å². The fraction of sp³-hybridized carbons (Fsp3) is 0.250. The van der Waals surface area contributed by atoms with Crippen molar-refractivity contribution >= 4 is 29.3 Å². The third kappa shape index (κ3) is 5.99. The van der Waals surface area contributed by atoms with Crippen LogP contribution in [0, 0.1) is 13.8 Å². The lowest BCUT2D eigenvalue weighted by molar-refractivity contribution is -0.00310. The van der Waals surface area contributed by atoms with Crippen molar-refractivity contribution in [2.45, 2.75) is 36.5 Å². The number of aromatic nitrogens is 1. The van der Waals surface area contributed by atoms with Crippen molar-refractivity contribution in [3.63, 3.8) is 0 Å². The van der Waals surface area contributed by atoms with E-state index in [0.29, 0.717) is 22.8 Å². The molecule has 0 aliphatic carbocycles. The van der Waals surface area contributed by atoms with Gasteiger partial charge in [0.15, 0.2) is 0 Å². The molecule has 3 rings (SSSR count). The minimum Gasteiger partial charge on any atom is -0.494 e. The van der Waals surface area contributed by atoms with Gasteiger partial charge in [0.1, 0.15) is 10.9 Å². The predicted molar refractivity (Wildman–Crippen MR) is 123 cm³/mol. The van der Waals surface area contributed by atoms with Crippen LogP contribution < -0.4 is 10.1 Å². The van der Waals surface area contributed by atoms with E-state index in [0.717, 1.165) is 10.5 Å². The second kappa shape index (κ2) is 10.3. The van der Waals surface area contributed by atoms with Crippen molar-refractivity contribution in [2.75, 3.05) is 13.2 Å². The maximum atomic E-state index is 14.8. The first-order chi connectivity index (χ1) is 15.2. The highest BCUT2D eigenvalue weighted by atomic mass is 35.5. The second-order valence-corrected chi connectivity index (χ2v) is 8.72. The SMILES string of the molecule is CCOc1cccc(Sc2cnc(Cl)cc2C(=O)NCC(F)(F)c2ccc(C)cc2C)c1. The summed E-state index contributed by atoms with van der Waals surface area (Å²) in [5.41, 5.74) is 1.43. The maximum Gasteiger partial charge on any atom is 0.290 e. The first kappa shape index (κ1) is 24.0. The number of amides is 1. The van der Waals surface area contributed by atoms with Gasteiger partial charge in [0.2, 0.25) is 0 Å². The smallest absolute Gasteiger partial charge is 0.290 e. The van der Waals surface area contributed by atoms with E-state index in [1.165, 1.54) is 30.1 Å². The highest BCUT2D eigenvalue weighted by Gasteiger charge is 2.34. The largest absolute Gasteiger partial charge is 0.494 e. The Balaban J connectivity index is 1.79. The van der Waals surface area contributed by atoms with Crippen LogP contribution in [0.25, 0.3) is 0 Å². The molecule has 1 heterocycles. The number of carbonyl (C=O) groups is 1. The number of benzene rings is 2. The Hall–Kier alpha value is -2.64. The molecule has 0 bridgehead atoms. The number of nitrogens with zero attached hydrogens (tertiary/aromatic N) is 1. The number of hydrogen-bond acceptors (Lipinski definition) is 4. The summed E-state index contributed by atoms with van der Waals surface area (Å²) in [5, 5.41) is 2.45. The Labute approximate surface area is 195 Å². The summed E-state index contributed by atoms with van der Waals surface area (Å²) in [6.45, 7) is 5.05. The van der Waals surface area contributed by atoms with Crippen molar-refractivity contribution in [1.29, 1.82) is 0 Å². The summed E-state index contributed by atoms with van der Waals surface area (Å²) < 4.78 is 35.1. The minimum absolute atomic E-state index is 0.101. The van der Waals surface area contributed by atoms with Crippen molar-refractivity contribution < 1.29 is 18.3 Å². The van der Waals surface area contributed by atoms with Crippen LogP contribution in [0.3, 0.4) is 0 Å². The number of alkyl halides is 2. The van der Waals surface area contributed by atoms with Gasteiger partial charge in [-0.3, -0.25) is 4.79 Å². The highest BCUT2D eigenvalue weighted by molar-refractivity contribution is 7.99. The van der Waals surface area contributed by atoms with Crippen LogP contribution in [-0.4, -0.2) is 24.0 Å². The standard InChI is InChI=1S/C24H23ClF2N2O2S/c1-4-31-17-6-5-7-18(11-17)32-21-13-28-22(25)12-19(21)23(30)29-14-24(26,27)20-9-8-15(2)10-16(20)3/h5-13H,4,14H2,1-3H3,(H,29,30). The molecule has 0 unspecified atom stereocenters. The summed E-state index contributed by atoms with van der Waals surface area (Å²) >= 11 is 7.26. The van der Waals surface area contributed by atoms with E-state index < -0.39 is 18.4 Å². The third-order valence-electron chi connectivity index (χ3n) is 4.67. The minimum atomic E-state index is -3.22. The number of aryl methyl sites for hydroxylation is 2. The average molecular weight is 477 g/mol. The van der Waals surface area contributed by atoms with Gasteiger partial charge in [-0.25, -0.2) is 4.98 Å². The normalized spacial score (nSPS) is 11.3. The average Bonchev–Trinajstić information content (AvgIpc) is 2.73. The zero-order chi connectivity index (χ0) is 23.3. The molecule has 32 heavy (non-hydrogen) atoms. The monoisotopic (exact) mass is 476 g/mol. The van der Waals surface area contributed by atoms with E-state index in [1.54, 1.807) is 19.1 Å². The molecule has 0 fully saturated rings. The molecule has 0 aliphatic rings. The number of ether oxygens (including phenoxy) is 1. The number of halogens is 3. The molecule has 1 aromatic heterocycles. The lowest BCUT2D eigenvalue weighted by Crippen LogP contribution is -2.35. The first-order valence-electron chi connectivity index (χ1n) is 9.99. The summed E-state index contributed by atoms with van der Waals surface area (Å²) in [4.78, 5) is 18.2. The molecule has 168 valence electrons. The van der Waals surface area contributed by atoms with Gasteiger partial charge in [-0.05, 0) is 50.6 Å². The van der Waals surface area contributed by atoms with Gasteiger partial charge in [0.25, 0.3) is 11.8 Å². The maximum absolute atomic E-state index is 14.8. The molecule has 0 saturated carbocycles. The van der Waals surface area contributed by atoms with E-state index in [1.807, 2.05) is 38.1 Å². The Morgan fingerprint density at radius 3 is 2.69 bits per heavy atom. The van der Waals surface area contributed by atoms with Crippen molar-refractivity contribution in [3.05, 3.63) is 82.1 Å². The molecule has 4 nitrogen and oxygen atoms in total. The summed E-state index contributed by atoms with van der Waals surface area (Å²) in [5.74, 6) is -3.18. The number of nitrogens with one attached hydrogen (secondary N) is 1. The van der Waals surface area contributed by atoms with E-state index in [-0.39, 0.29) is 16.3 Å². The van der Waals surface area contributed by atoms with Gasteiger partial charge in [-0.15, -0.1) is 0 Å². The molecule has 2 aromatic carbocycles. The van der Waals surface area contributed by atoms with Crippen LogP contribution in [0.5, 0.6) is 5.75 Å². The van der Waals surface area contributed by atoms with Crippen LogP contribution in [0.2, 0.25) is 5.15 Å². The van der Waals surface area contributed by atoms with Gasteiger partial charge in [0.05, 0.1) is 18.7 Å². The fourth-order valence-corrected chi connectivity index (χ4v) is 4.30. The molecule has 0 aliphatic heterocycles. The second-order valence-electron chi connectivity index (χ2n) is 7.22. The number of carbonyl (C=O) groups excluding carboxylic acids is 1. The quantitative estimate of drug-likeness (QED) is 0.381. The van der Waals surface area contributed by atoms with E-state index in [4.69, 9.17) is 16.3 Å². The molecule has 8 heteroatoms. The zero-order valence-electron chi connectivity index (χ0n) is 17.9. The predicted octanol–water partition coefficient (Wildman–Crippen LogP) is 6.42. The Kier molecular flexibility index (Phi) is 7.74. The fourth-order valence-electron chi connectivity index (χ4n) is 3.20. The van der Waals surface area contributed by atoms with Crippen molar-refractivity contribution in [3.8, 4) is 5.75 Å². The van der Waals surface area contributed by atoms with E-state index in [9.17, 15) is 13.6 Å². The van der Waals surface area contributed by atoms with Crippen LogP contribution in [0.1, 0.15) is 34.0 Å². The lowest BCUT2D eigenvalue weighted by Gasteiger charge is -2.20. The van der Waals surface area contributed by atoms with Gasteiger partial charge in [0, 0.05) is 21.6 Å². The van der Waals surface area contributed by atoms with Gasteiger partial charge in [-0.2, -0.15) is 8.78 Å². The van der Waals surface area contributed by atoms with Gasteiger partial charge >= 0.3 is 0 Å². The molecule has 0 spiro atoms. The lowest BCUT2D eigenvalue weighted by atomic mass is 10.00. The van der Waals surface area contributed by atoms with Crippen molar-refractivity contribution in [1.82, 2.24) is 10.3 Å². The molecular formula is C24H23ClF2N2O2S. The van der Waals surface area contributed by atoms with Crippen molar-refractivity contribution in [2.24, 2.45) is 0 Å². The summed E-state index contributed by atoms with van der Waals surface area (Å²) in [6, 6.07) is 13.5. The summed E-state index contributed by atoms with van der Waals surface area (Å²) in [6.07, 6.45) is 1.46. The zero-order valence-corrected chi connectivity index (χ0v) is 19.5. The van der Waals surface area contributed by atoms with E-state index in [2.05, 4.69) is 10.3 Å².